The van der Waals surface area contributed by atoms with E-state index >= 15 is 0 Å². The number of aryl methyl sites for hydroxylation is 1. The summed E-state index contributed by atoms with van der Waals surface area (Å²) in [5, 5.41) is 8.58. The maximum Gasteiger partial charge on any atom is 0.185 e. The Morgan fingerprint density at radius 1 is 1.24 bits per heavy atom. The Bertz CT molecular complexity index is 649. The SMILES string of the molecule is CCCN1Cn2c(C)nnc2-c2[nH]c(C3CCCC3)nc21. The van der Waals surface area contributed by atoms with Crippen molar-refractivity contribution in [1.82, 2.24) is 24.7 Å². The summed E-state index contributed by atoms with van der Waals surface area (Å²) in [6.45, 7) is 6.04. The van der Waals surface area contributed by atoms with E-state index in [4.69, 9.17) is 4.98 Å². The quantitative estimate of drug-likeness (QED) is 0.942. The van der Waals surface area contributed by atoms with Crippen molar-refractivity contribution in [3.63, 3.8) is 0 Å². The van der Waals surface area contributed by atoms with Crippen LogP contribution in [0, 0.1) is 6.92 Å². The molecule has 0 spiro atoms. The molecule has 1 N–H and O–H groups in total. The highest BCUT2D eigenvalue weighted by Crippen LogP contribution is 2.38. The first-order valence-corrected chi connectivity index (χ1v) is 8.03. The molecule has 1 fully saturated rings. The summed E-state index contributed by atoms with van der Waals surface area (Å²) >= 11 is 0. The standard InChI is InChI=1S/C15H22N6/c1-3-8-20-9-21-10(2)18-19-15(21)12-14(20)17-13(16-12)11-6-4-5-7-11/h11H,3-9H2,1-2H3,(H,16,17). The van der Waals surface area contributed by atoms with Crippen molar-refractivity contribution in [1.29, 1.82) is 0 Å². The minimum absolute atomic E-state index is 0.594. The third-order valence-corrected chi connectivity index (χ3v) is 4.71. The van der Waals surface area contributed by atoms with E-state index in [0.29, 0.717) is 5.92 Å². The van der Waals surface area contributed by atoms with E-state index in [1.165, 1.54) is 25.7 Å². The smallest absolute Gasteiger partial charge is 0.185 e. The summed E-state index contributed by atoms with van der Waals surface area (Å²) in [6, 6.07) is 0. The molecule has 21 heavy (non-hydrogen) atoms. The molecule has 0 saturated heterocycles. The lowest BCUT2D eigenvalue weighted by molar-refractivity contribution is 0.601. The summed E-state index contributed by atoms with van der Waals surface area (Å²) in [7, 11) is 0. The third-order valence-electron chi connectivity index (χ3n) is 4.71. The second kappa shape index (κ2) is 4.86. The highest BCUT2D eigenvalue weighted by Gasteiger charge is 2.30. The van der Waals surface area contributed by atoms with Gasteiger partial charge in [-0.15, -0.1) is 10.2 Å². The zero-order chi connectivity index (χ0) is 14.4. The van der Waals surface area contributed by atoms with Crippen molar-refractivity contribution >= 4 is 5.82 Å². The Kier molecular flexibility index (Phi) is 2.97. The molecule has 1 aliphatic heterocycles. The Morgan fingerprint density at radius 3 is 2.81 bits per heavy atom. The van der Waals surface area contributed by atoms with Crippen molar-refractivity contribution in [2.24, 2.45) is 0 Å². The van der Waals surface area contributed by atoms with Crippen LogP contribution in [-0.4, -0.2) is 31.3 Å². The molecule has 6 heteroatoms. The number of rotatable bonds is 3. The monoisotopic (exact) mass is 286 g/mol. The van der Waals surface area contributed by atoms with E-state index in [0.717, 1.165) is 48.6 Å². The first kappa shape index (κ1) is 12.9. The van der Waals surface area contributed by atoms with Gasteiger partial charge in [0.1, 0.15) is 17.3 Å². The molecular formula is C15H22N6. The lowest BCUT2D eigenvalue weighted by atomic mass is 10.1. The first-order chi connectivity index (χ1) is 10.3. The molecule has 6 nitrogen and oxygen atoms in total. The summed E-state index contributed by atoms with van der Waals surface area (Å²) in [4.78, 5) is 10.8. The van der Waals surface area contributed by atoms with Crippen LogP contribution in [0.3, 0.4) is 0 Å². The van der Waals surface area contributed by atoms with Crippen molar-refractivity contribution in [2.75, 3.05) is 11.4 Å². The van der Waals surface area contributed by atoms with Crippen LogP contribution in [0.2, 0.25) is 0 Å². The fourth-order valence-corrected chi connectivity index (χ4v) is 3.58. The van der Waals surface area contributed by atoms with Crippen molar-refractivity contribution < 1.29 is 0 Å². The van der Waals surface area contributed by atoms with E-state index in [2.05, 4.69) is 31.6 Å². The lowest BCUT2D eigenvalue weighted by Crippen LogP contribution is -2.31. The zero-order valence-corrected chi connectivity index (χ0v) is 12.8. The van der Waals surface area contributed by atoms with Crippen LogP contribution in [0.4, 0.5) is 5.82 Å². The van der Waals surface area contributed by atoms with Gasteiger partial charge in [-0.25, -0.2) is 4.98 Å². The number of fused-ring (bicyclic) bond motifs is 3. The number of hydrogen-bond acceptors (Lipinski definition) is 4. The van der Waals surface area contributed by atoms with Crippen LogP contribution in [0.5, 0.6) is 0 Å². The summed E-state index contributed by atoms with van der Waals surface area (Å²) < 4.78 is 2.18. The topological polar surface area (TPSA) is 62.6 Å². The maximum absolute atomic E-state index is 4.93. The molecule has 2 aromatic rings. The van der Waals surface area contributed by atoms with Crippen LogP contribution in [-0.2, 0) is 6.67 Å². The predicted octanol–water partition coefficient (Wildman–Crippen LogP) is 2.82. The molecular weight excluding hydrogens is 264 g/mol. The maximum atomic E-state index is 4.93. The number of imidazole rings is 1. The molecule has 1 saturated carbocycles. The lowest BCUT2D eigenvalue weighted by Gasteiger charge is -2.28. The molecule has 2 aliphatic rings. The number of aromatic amines is 1. The Labute approximate surface area is 124 Å². The van der Waals surface area contributed by atoms with Gasteiger partial charge in [-0.2, -0.15) is 0 Å². The van der Waals surface area contributed by atoms with Gasteiger partial charge in [0.15, 0.2) is 11.6 Å². The van der Waals surface area contributed by atoms with Crippen molar-refractivity contribution in [2.45, 2.75) is 58.5 Å². The van der Waals surface area contributed by atoms with Gasteiger partial charge < -0.3 is 9.88 Å². The Balaban J connectivity index is 1.79. The van der Waals surface area contributed by atoms with Crippen LogP contribution in [0.25, 0.3) is 11.5 Å². The van der Waals surface area contributed by atoms with Gasteiger partial charge in [0.2, 0.25) is 0 Å². The molecule has 0 radical (unpaired) electrons. The highest BCUT2D eigenvalue weighted by molar-refractivity contribution is 5.70. The summed E-state index contributed by atoms with van der Waals surface area (Å²) in [6.07, 6.45) is 6.27. The molecule has 1 aliphatic carbocycles. The number of hydrogen-bond donors (Lipinski definition) is 1. The summed E-state index contributed by atoms with van der Waals surface area (Å²) in [5.74, 6) is 4.71. The van der Waals surface area contributed by atoms with Gasteiger partial charge in [0, 0.05) is 12.5 Å². The normalized spacial score (nSPS) is 18.1. The van der Waals surface area contributed by atoms with Gasteiger partial charge in [-0.1, -0.05) is 19.8 Å². The molecule has 0 atom stereocenters. The van der Waals surface area contributed by atoms with Crippen LogP contribution in [0.1, 0.15) is 56.6 Å². The second-order valence-corrected chi connectivity index (χ2v) is 6.21. The van der Waals surface area contributed by atoms with Crippen molar-refractivity contribution in [3.8, 4) is 11.5 Å². The largest absolute Gasteiger partial charge is 0.337 e. The second-order valence-electron chi connectivity index (χ2n) is 6.21. The minimum atomic E-state index is 0.594. The first-order valence-electron chi connectivity index (χ1n) is 8.03. The average molecular weight is 286 g/mol. The Hall–Kier alpha value is -1.85. The fourth-order valence-electron chi connectivity index (χ4n) is 3.58. The van der Waals surface area contributed by atoms with Crippen LogP contribution < -0.4 is 4.90 Å². The Morgan fingerprint density at radius 2 is 2.05 bits per heavy atom. The van der Waals surface area contributed by atoms with E-state index in [9.17, 15) is 0 Å². The summed E-state index contributed by atoms with van der Waals surface area (Å²) in [5.41, 5.74) is 1.05. The van der Waals surface area contributed by atoms with Gasteiger partial charge in [0.05, 0.1) is 6.67 Å². The molecule has 4 rings (SSSR count). The van der Waals surface area contributed by atoms with Crippen molar-refractivity contribution in [3.05, 3.63) is 11.6 Å². The molecule has 2 aromatic heterocycles. The van der Waals surface area contributed by atoms with E-state index in [1.807, 2.05) is 6.92 Å². The zero-order valence-electron chi connectivity index (χ0n) is 12.8. The van der Waals surface area contributed by atoms with Gasteiger partial charge >= 0.3 is 0 Å². The molecule has 3 heterocycles. The molecule has 0 aromatic carbocycles. The van der Waals surface area contributed by atoms with E-state index < -0.39 is 0 Å². The van der Waals surface area contributed by atoms with E-state index in [-0.39, 0.29) is 0 Å². The number of nitrogens with one attached hydrogen (secondary N) is 1. The van der Waals surface area contributed by atoms with Gasteiger partial charge in [0.25, 0.3) is 0 Å². The molecule has 0 bridgehead atoms. The molecule has 112 valence electrons. The van der Waals surface area contributed by atoms with Crippen LogP contribution >= 0.6 is 0 Å². The molecule has 0 amide bonds. The van der Waals surface area contributed by atoms with Gasteiger partial charge in [-0.3, -0.25) is 4.57 Å². The fraction of sp³-hybridized carbons (Fsp3) is 0.667. The number of nitrogens with zero attached hydrogens (tertiary/aromatic N) is 5. The third kappa shape index (κ3) is 1.96. The highest BCUT2D eigenvalue weighted by atomic mass is 15.4. The number of H-pyrrole nitrogens is 1. The number of aromatic nitrogens is 5. The molecule has 0 unspecified atom stereocenters. The van der Waals surface area contributed by atoms with Crippen LogP contribution in [0.15, 0.2) is 0 Å². The average Bonchev–Trinajstić information content (AvgIpc) is 3.18. The number of anilines is 1. The predicted molar refractivity (Wildman–Crippen MR) is 81.2 cm³/mol. The van der Waals surface area contributed by atoms with Gasteiger partial charge in [-0.05, 0) is 26.2 Å². The van der Waals surface area contributed by atoms with E-state index in [1.54, 1.807) is 0 Å². The minimum Gasteiger partial charge on any atom is -0.337 e.